The van der Waals surface area contributed by atoms with Crippen LogP contribution in [0, 0.1) is 0 Å². The predicted molar refractivity (Wildman–Crippen MR) is 76.2 cm³/mol. The lowest BCUT2D eigenvalue weighted by molar-refractivity contribution is 0.682. The standard InChI is InChI=1S/C14H17BrN2/c1-2-7-17-8-6-12(11-17)10-16-14-5-3-4-13(15)9-14/h3-6,8-9,11,16H,2,7,10H2,1H3. The Balaban J connectivity index is 1.93. The molecule has 17 heavy (non-hydrogen) atoms. The van der Waals surface area contributed by atoms with Crippen LogP contribution in [-0.4, -0.2) is 4.57 Å². The van der Waals surface area contributed by atoms with Crippen molar-refractivity contribution in [3.8, 4) is 0 Å². The Morgan fingerprint density at radius 1 is 1.29 bits per heavy atom. The maximum atomic E-state index is 3.47. The van der Waals surface area contributed by atoms with Crippen LogP contribution in [0.15, 0.2) is 47.2 Å². The van der Waals surface area contributed by atoms with E-state index in [0.717, 1.165) is 23.2 Å². The topological polar surface area (TPSA) is 17.0 Å². The van der Waals surface area contributed by atoms with Gasteiger partial charge in [-0.1, -0.05) is 28.9 Å². The highest BCUT2D eigenvalue weighted by atomic mass is 79.9. The lowest BCUT2D eigenvalue weighted by Gasteiger charge is -2.05. The number of hydrogen-bond acceptors (Lipinski definition) is 1. The number of anilines is 1. The maximum absolute atomic E-state index is 3.47. The molecule has 0 radical (unpaired) electrons. The molecule has 0 amide bonds. The molecular weight excluding hydrogens is 276 g/mol. The van der Waals surface area contributed by atoms with Crippen molar-refractivity contribution in [3.05, 3.63) is 52.8 Å². The first-order valence-electron chi connectivity index (χ1n) is 5.92. The molecule has 0 fully saturated rings. The predicted octanol–water partition coefficient (Wildman–Crippen LogP) is 4.27. The van der Waals surface area contributed by atoms with Crippen molar-refractivity contribution in [2.24, 2.45) is 0 Å². The molecule has 1 aromatic heterocycles. The summed E-state index contributed by atoms with van der Waals surface area (Å²) in [7, 11) is 0. The third-order valence-corrected chi connectivity index (χ3v) is 3.11. The third kappa shape index (κ3) is 3.63. The van der Waals surface area contributed by atoms with Gasteiger partial charge in [-0.05, 0) is 36.2 Å². The summed E-state index contributed by atoms with van der Waals surface area (Å²) in [5.74, 6) is 0. The van der Waals surface area contributed by atoms with E-state index in [2.05, 4.69) is 63.3 Å². The van der Waals surface area contributed by atoms with Gasteiger partial charge in [0.1, 0.15) is 0 Å². The SMILES string of the molecule is CCCn1ccc(CNc2cccc(Br)c2)c1. The average molecular weight is 293 g/mol. The first-order chi connectivity index (χ1) is 8.28. The molecule has 1 N–H and O–H groups in total. The molecule has 0 atom stereocenters. The zero-order chi connectivity index (χ0) is 12.1. The normalized spacial score (nSPS) is 10.5. The number of benzene rings is 1. The molecule has 2 aromatic rings. The second-order valence-electron chi connectivity index (χ2n) is 4.12. The molecular formula is C14H17BrN2. The van der Waals surface area contributed by atoms with E-state index >= 15 is 0 Å². The number of halogens is 1. The fourth-order valence-corrected chi connectivity index (χ4v) is 2.19. The molecule has 0 saturated heterocycles. The van der Waals surface area contributed by atoms with Crippen LogP contribution >= 0.6 is 15.9 Å². The molecule has 0 aliphatic rings. The van der Waals surface area contributed by atoms with Crippen molar-refractivity contribution in [2.45, 2.75) is 26.4 Å². The van der Waals surface area contributed by atoms with Gasteiger partial charge in [-0.2, -0.15) is 0 Å². The van der Waals surface area contributed by atoms with Gasteiger partial charge in [0.15, 0.2) is 0 Å². The van der Waals surface area contributed by atoms with Crippen LogP contribution in [-0.2, 0) is 13.1 Å². The van der Waals surface area contributed by atoms with Crippen molar-refractivity contribution in [1.29, 1.82) is 0 Å². The van der Waals surface area contributed by atoms with E-state index in [4.69, 9.17) is 0 Å². The molecule has 1 aromatic carbocycles. The summed E-state index contributed by atoms with van der Waals surface area (Å²) in [5.41, 5.74) is 2.46. The summed E-state index contributed by atoms with van der Waals surface area (Å²) in [4.78, 5) is 0. The Hall–Kier alpha value is -1.22. The Morgan fingerprint density at radius 2 is 2.18 bits per heavy atom. The van der Waals surface area contributed by atoms with Crippen LogP contribution in [0.5, 0.6) is 0 Å². The van der Waals surface area contributed by atoms with Crippen LogP contribution in [0.1, 0.15) is 18.9 Å². The van der Waals surface area contributed by atoms with E-state index in [1.54, 1.807) is 0 Å². The lowest BCUT2D eigenvalue weighted by Crippen LogP contribution is -1.98. The van der Waals surface area contributed by atoms with E-state index in [9.17, 15) is 0 Å². The second-order valence-corrected chi connectivity index (χ2v) is 5.04. The number of nitrogens with zero attached hydrogens (tertiary/aromatic N) is 1. The molecule has 0 aliphatic heterocycles. The minimum atomic E-state index is 0.868. The van der Waals surface area contributed by atoms with Crippen LogP contribution in [0.3, 0.4) is 0 Å². The third-order valence-electron chi connectivity index (χ3n) is 2.61. The average Bonchev–Trinajstić information content (AvgIpc) is 2.75. The number of aromatic nitrogens is 1. The van der Waals surface area contributed by atoms with Crippen LogP contribution in [0.2, 0.25) is 0 Å². The van der Waals surface area contributed by atoms with E-state index < -0.39 is 0 Å². The number of rotatable bonds is 5. The van der Waals surface area contributed by atoms with Crippen molar-refractivity contribution in [2.75, 3.05) is 5.32 Å². The smallest absolute Gasteiger partial charge is 0.0415 e. The van der Waals surface area contributed by atoms with Gasteiger partial charge >= 0.3 is 0 Å². The Bertz CT molecular complexity index is 477. The van der Waals surface area contributed by atoms with Gasteiger partial charge in [-0.3, -0.25) is 0 Å². The summed E-state index contributed by atoms with van der Waals surface area (Å²) in [6, 6.07) is 10.4. The first-order valence-corrected chi connectivity index (χ1v) is 6.71. The van der Waals surface area contributed by atoms with Crippen LogP contribution in [0.25, 0.3) is 0 Å². The zero-order valence-electron chi connectivity index (χ0n) is 9.99. The molecule has 0 unspecified atom stereocenters. The quantitative estimate of drug-likeness (QED) is 0.871. The van der Waals surface area contributed by atoms with Gasteiger partial charge < -0.3 is 9.88 Å². The van der Waals surface area contributed by atoms with Gasteiger partial charge in [-0.25, -0.2) is 0 Å². The molecule has 90 valence electrons. The van der Waals surface area contributed by atoms with Crippen LogP contribution in [0.4, 0.5) is 5.69 Å². The zero-order valence-corrected chi connectivity index (χ0v) is 11.6. The molecule has 0 bridgehead atoms. The van der Waals surface area contributed by atoms with E-state index in [-0.39, 0.29) is 0 Å². The highest BCUT2D eigenvalue weighted by molar-refractivity contribution is 9.10. The van der Waals surface area contributed by atoms with Crippen molar-refractivity contribution < 1.29 is 0 Å². The Kier molecular flexibility index (Phi) is 4.26. The summed E-state index contributed by atoms with van der Waals surface area (Å²) >= 11 is 3.47. The highest BCUT2D eigenvalue weighted by Gasteiger charge is 1.97. The summed E-state index contributed by atoms with van der Waals surface area (Å²) in [5, 5.41) is 3.41. The lowest BCUT2D eigenvalue weighted by atomic mass is 10.3. The van der Waals surface area contributed by atoms with Crippen LogP contribution < -0.4 is 5.32 Å². The second kappa shape index (κ2) is 5.92. The summed E-state index contributed by atoms with van der Waals surface area (Å²) in [6.45, 7) is 4.16. The number of nitrogens with one attached hydrogen (secondary N) is 1. The summed E-state index contributed by atoms with van der Waals surface area (Å²) < 4.78 is 3.34. The van der Waals surface area contributed by atoms with Crippen molar-refractivity contribution in [1.82, 2.24) is 4.57 Å². The Morgan fingerprint density at radius 3 is 2.94 bits per heavy atom. The van der Waals surface area contributed by atoms with Gasteiger partial charge in [0.2, 0.25) is 0 Å². The van der Waals surface area contributed by atoms with E-state index in [1.807, 2.05) is 12.1 Å². The van der Waals surface area contributed by atoms with Gasteiger partial charge in [0.05, 0.1) is 0 Å². The molecule has 0 saturated carbocycles. The number of aryl methyl sites for hydroxylation is 1. The molecule has 3 heteroatoms. The maximum Gasteiger partial charge on any atom is 0.0415 e. The monoisotopic (exact) mass is 292 g/mol. The molecule has 2 nitrogen and oxygen atoms in total. The number of hydrogen-bond donors (Lipinski definition) is 1. The van der Waals surface area contributed by atoms with Gasteiger partial charge in [-0.15, -0.1) is 0 Å². The first kappa shape index (κ1) is 12.2. The van der Waals surface area contributed by atoms with Crippen molar-refractivity contribution >= 4 is 21.6 Å². The molecule has 0 spiro atoms. The molecule has 0 aliphatic carbocycles. The van der Waals surface area contributed by atoms with Gasteiger partial charge in [0.25, 0.3) is 0 Å². The van der Waals surface area contributed by atoms with E-state index in [0.29, 0.717) is 0 Å². The minimum Gasteiger partial charge on any atom is -0.381 e. The van der Waals surface area contributed by atoms with E-state index in [1.165, 1.54) is 12.0 Å². The fraction of sp³-hybridized carbons (Fsp3) is 0.286. The van der Waals surface area contributed by atoms with Gasteiger partial charge in [0, 0.05) is 35.6 Å². The minimum absolute atomic E-state index is 0.868. The Labute approximate surface area is 111 Å². The highest BCUT2D eigenvalue weighted by Crippen LogP contribution is 2.16. The fourth-order valence-electron chi connectivity index (χ4n) is 1.79. The largest absolute Gasteiger partial charge is 0.381 e. The molecule has 1 heterocycles. The molecule has 2 rings (SSSR count). The van der Waals surface area contributed by atoms with Crippen molar-refractivity contribution in [3.63, 3.8) is 0 Å². The summed E-state index contributed by atoms with van der Waals surface area (Å²) in [6.07, 6.45) is 5.52.